The molecule has 0 aliphatic carbocycles. The first-order valence-corrected chi connectivity index (χ1v) is 5.24. The van der Waals surface area contributed by atoms with E-state index in [1.165, 1.54) is 0 Å². The largest absolute Gasteiger partial charge is 0.356 e. The van der Waals surface area contributed by atoms with Crippen molar-refractivity contribution < 1.29 is 9.59 Å². The molecule has 2 N–H and O–H groups in total. The van der Waals surface area contributed by atoms with Crippen molar-refractivity contribution in [2.24, 2.45) is 5.92 Å². The Bertz CT molecular complexity index is 189. The molecule has 1 amide bonds. The lowest BCUT2D eigenvalue weighted by Gasteiger charge is -2.22. The molecule has 0 atom stereocenters. The Balaban J connectivity index is 2.06. The first-order chi connectivity index (χ1) is 6.83. The second-order valence-electron chi connectivity index (χ2n) is 3.70. The minimum absolute atomic E-state index is 0.00404. The lowest BCUT2D eigenvalue weighted by atomic mass is 9.98. The quantitative estimate of drug-likeness (QED) is 0.615. The number of nitrogens with one attached hydrogen (secondary N) is 2. The van der Waals surface area contributed by atoms with Crippen molar-refractivity contribution in [1.82, 2.24) is 10.6 Å². The fourth-order valence-corrected chi connectivity index (χ4v) is 1.62. The summed E-state index contributed by atoms with van der Waals surface area (Å²) in [6.07, 6.45) is 3.71. The Kier molecular flexibility index (Phi) is 5.22. The Morgan fingerprint density at radius 3 is 2.79 bits per heavy atom. The van der Waals surface area contributed by atoms with Crippen LogP contribution in [0.25, 0.3) is 0 Å². The molecule has 0 radical (unpaired) electrons. The van der Waals surface area contributed by atoms with Crippen LogP contribution in [-0.2, 0) is 9.59 Å². The minimum Gasteiger partial charge on any atom is -0.356 e. The van der Waals surface area contributed by atoms with Gasteiger partial charge in [-0.05, 0) is 31.8 Å². The van der Waals surface area contributed by atoms with Crippen molar-refractivity contribution in [3.8, 4) is 0 Å². The maximum absolute atomic E-state index is 11.2. The van der Waals surface area contributed by atoms with E-state index in [9.17, 15) is 9.59 Å². The van der Waals surface area contributed by atoms with Crippen LogP contribution in [0.15, 0.2) is 0 Å². The standard InChI is InChI=1S/C10H18N2O2/c13-7-1-2-10(14)12-8-9-3-5-11-6-4-9/h7,9,11H,1-6,8H2,(H,12,14). The molecule has 1 rings (SSSR count). The van der Waals surface area contributed by atoms with Crippen LogP contribution in [0.4, 0.5) is 0 Å². The Morgan fingerprint density at radius 1 is 1.43 bits per heavy atom. The van der Waals surface area contributed by atoms with E-state index in [4.69, 9.17) is 0 Å². The second-order valence-corrected chi connectivity index (χ2v) is 3.70. The van der Waals surface area contributed by atoms with Crippen LogP contribution >= 0.6 is 0 Å². The van der Waals surface area contributed by atoms with Crippen molar-refractivity contribution in [1.29, 1.82) is 0 Å². The van der Waals surface area contributed by atoms with Crippen molar-refractivity contribution >= 4 is 12.2 Å². The fraction of sp³-hybridized carbons (Fsp3) is 0.800. The summed E-state index contributed by atoms with van der Waals surface area (Å²) in [5.41, 5.74) is 0. The van der Waals surface area contributed by atoms with E-state index in [1.54, 1.807) is 0 Å². The van der Waals surface area contributed by atoms with Crippen LogP contribution in [0.1, 0.15) is 25.7 Å². The van der Waals surface area contributed by atoms with Gasteiger partial charge in [-0.3, -0.25) is 4.79 Å². The van der Waals surface area contributed by atoms with Crippen LogP contribution in [0.3, 0.4) is 0 Å². The van der Waals surface area contributed by atoms with Crippen molar-refractivity contribution in [3.05, 3.63) is 0 Å². The molecule has 0 unspecified atom stereocenters. The molecule has 1 heterocycles. The minimum atomic E-state index is -0.00404. The van der Waals surface area contributed by atoms with Gasteiger partial charge < -0.3 is 15.4 Å². The molecule has 0 aromatic carbocycles. The molecule has 0 aromatic heterocycles. The predicted molar refractivity (Wildman–Crippen MR) is 53.9 cm³/mol. The molecule has 0 saturated carbocycles. The average Bonchev–Trinajstić information content (AvgIpc) is 2.25. The van der Waals surface area contributed by atoms with Gasteiger partial charge >= 0.3 is 0 Å². The van der Waals surface area contributed by atoms with E-state index in [0.29, 0.717) is 18.8 Å². The third-order valence-corrected chi connectivity index (χ3v) is 2.54. The number of piperidine rings is 1. The summed E-state index contributed by atoms with van der Waals surface area (Å²) in [4.78, 5) is 21.2. The van der Waals surface area contributed by atoms with E-state index in [1.807, 2.05) is 0 Å². The molecular formula is C10H18N2O2. The first kappa shape index (κ1) is 11.2. The molecule has 14 heavy (non-hydrogen) atoms. The summed E-state index contributed by atoms with van der Waals surface area (Å²) < 4.78 is 0. The van der Waals surface area contributed by atoms with Crippen molar-refractivity contribution in [3.63, 3.8) is 0 Å². The molecule has 1 aliphatic rings. The third-order valence-electron chi connectivity index (χ3n) is 2.54. The number of aldehydes is 1. The van der Waals surface area contributed by atoms with Crippen LogP contribution in [0.5, 0.6) is 0 Å². The average molecular weight is 198 g/mol. The van der Waals surface area contributed by atoms with Gasteiger partial charge in [-0.2, -0.15) is 0 Å². The summed E-state index contributed by atoms with van der Waals surface area (Å²) in [6, 6.07) is 0. The smallest absolute Gasteiger partial charge is 0.220 e. The summed E-state index contributed by atoms with van der Waals surface area (Å²) in [6.45, 7) is 2.86. The monoisotopic (exact) mass is 198 g/mol. The Hall–Kier alpha value is -0.900. The maximum Gasteiger partial charge on any atom is 0.220 e. The lowest BCUT2D eigenvalue weighted by Crippen LogP contribution is -2.35. The Labute approximate surface area is 84.4 Å². The number of hydrogen-bond acceptors (Lipinski definition) is 3. The summed E-state index contributed by atoms with van der Waals surface area (Å²) in [5.74, 6) is 0.604. The zero-order valence-corrected chi connectivity index (χ0v) is 8.42. The van der Waals surface area contributed by atoms with Gasteiger partial charge in [0.1, 0.15) is 6.29 Å². The van der Waals surface area contributed by atoms with Crippen LogP contribution in [0, 0.1) is 5.92 Å². The van der Waals surface area contributed by atoms with Gasteiger partial charge in [0.05, 0.1) is 0 Å². The van der Waals surface area contributed by atoms with Gasteiger partial charge in [0, 0.05) is 19.4 Å². The van der Waals surface area contributed by atoms with Gasteiger partial charge in [0.15, 0.2) is 0 Å². The van der Waals surface area contributed by atoms with Crippen LogP contribution in [0.2, 0.25) is 0 Å². The van der Waals surface area contributed by atoms with Crippen LogP contribution in [-0.4, -0.2) is 31.8 Å². The molecule has 0 spiro atoms. The first-order valence-electron chi connectivity index (χ1n) is 5.24. The molecule has 80 valence electrons. The van der Waals surface area contributed by atoms with Gasteiger partial charge in [-0.25, -0.2) is 0 Å². The van der Waals surface area contributed by atoms with Gasteiger partial charge in [0.25, 0.3) is 0 Å². The van der Waals surface area contributed by atoms with Gasteiger partial charge in [-0.15, -0.1) is 0 Å². The van der Waals surface area contributed by atoms with Crippen LogP contribution < -0.4 is 10.6 Å². The normalized spacial score (nSPS) is 17.7. The predicted octanol–water partition coefficient (Wildman–Crippen LogP) is 0.0813. The third kappa shape index (κ3) is 4.37. The molecule has 1 saturated heterocycles. The number of carbonyl (C=O) groups is 2. The SMILES string of the molecule is O=CCCC(=O)NCC1CCNCC1. The molecule has 0 aromatic rings. The van der Waals surface area contributed by atoms with Gasteiger partial charge in [0.2, 0.25) is 5.91 Å². The van der Waals surface area contributed by atoms with E-state index < -0.39 is 0 Å². The lowest BCUT2D eigenvalue weighted by molar-refractivity contribution is -0.122. The second kappa shape index (κ2) is 6.54. The molecule has 4 heteroatoms. The number of hydrogen-bond donors (Lipinski definition) is 2. The maximum atomic E-state index is 11.2. The molecule has 1 fully saturated rings. The summed E-state index contributed by atoms with van der Waals surface area (Å²) >= 11 is 0. The van der Waals surface area contributed by atoms with E-state index >= 15 is 0 Å². The topological polar surface area (TPSA) is 58.2 Å². The molecule has 1 aliphatic heterocycles. The highest BCUT2D eigenvalue weighted by Gasteiger charge is 2.13. The van der Waals surface area contributed by atoms with E-state index in [0.717, 1.165) is 38.8 Å². The zero-order valence-electron chi connectivity index (χ0n) is 8.42. The van der Waals surface area contributed by atoms with Crippen molar-refractivity contribution in [2.75, 3.05) is 19.6 Å². The van der Waals surface area contributed by atoms with E-state index in [2.05, 4.69) is 10.6 Å². The summed E-state index contributed by atoms with van der Waals surface area (Å²) in [7, 11) is 0. The zero-order chi connectivity index (χ0) is 10.2. The van der Waals surface area contributed by atoms with E-state index in [-0.39, 0.29) is 5.91 Å². The molecule has 4 nitrogen and oxygen atoms in total. The number of rotatable bonds is 5. The summed E-state index contributed by atoms with van der Waals surface area (Å²) in [5, 5.41) is 6.14. The Morgan fingerprint density at radius 2 is 2.14 bits per heavy atom. The highest BCUT2D eigenvalue weighted by molar-refractivity contribution is 5.77. The van der Waals surface area contributed by atoms with Crippen molar-refractivity contribution in [2.45, 2.75) is 25.7 Å². The molecular weight excluding hydrogens is 180 g/mol. The number of amides is 1. The number of carbonyl (C=O) groups excluding carboxylic acids is 2. The highest BCUT2D eigenvalue weighted by Crippen LogP contribution is 2.09. The molecule has 0 bridgehead atoms. The van der Waals surface area contributed by atoms with Gasteiger partial charge in [-0.1, -0.05) is 0 Å². The highest BCUT2D eigenvalue weighted by atomic mass is 16.1. The fourth-order valence-electron chi connectivity index (χ4n) is 1.62.